The van der Waals surface area contributed by atoms with Crippen molar-refractivity contribution >= 4 is 37.8 Å². The summed E-state index contributed by atoms with van der Waals surface area (Å²) < 4.78 is 1.70. The normalized spacial score (nSPS) is 16.2. The van der Waals surface area contributed by atoms with E-state index in [2.05, 4.69) is 42.8 Å². The summed E-state index contributed by atoms with van der Waals surface area (Å²) in [5.41, 5.74) is 0.670. The van der Waals surface area contributed by atoms with Crippen molar-refractivity contribution in [3.05, 3.63) is 32.7 Å². The quantitative estimate of drug-likeness (QED) is 0.733. The van der Waals surface area contributed by atoms with Crippen molar-refractivity contribution in [3.63, 3.8) is 0 Å². The van der Waals surface area contributed by atoms with E-state index in [0.29, 0.717) is 25.2 Å². The minimum absolute atomic E-state index is 0.0322. The van der Waals surface area contributed by atoms with Gasteiger partial charge in [-0.25, -0.2) is 0 Å². The topological polar surface area (TPSA) is 47.3 Å². The van der Waals surface area contributed by atoms with Crippen LogP contribution >= 0.6 is 31.9 Å². The van der Waals surface area contributed by atoms with Gasteiger partial charge in [0.15, 0.2) is 0 Å². The lowest BCUT2D eigenvalue weighted by atomic mass is 10.2. The predicted octanol–water partition coefficient (Wildman–Crippen LogP) is 2.49. The lowest BCUT2D eigenvalue weighted by molar-refractivity contribution is 0.0651. The summed E-state index contributed by atoms with van der Waals surface area (Å²) in [7, 11) is 0. The molecule has 1 aromatic carbocycles. The SMILES string of the molecule is N#CCN1CCN(C(=O)c2cc(Br)ccc2Br)CC1. The molecule has 1 heterocycles. The van der Waals surface area contributed by atoms with Crippen LogP contribution in [0.3, 0.4) is 0 Å². The largest absolute Gasteiger partial charge is 0.336 e. The van der Waals surface area contributed by atoms with Crippen LogP contribution in [-0.2, 0) is 0 Å². The fourth-order valence-electron chi connectivity index (χ4n) is 2.04. The van der Waals surface area contributed by atoms with Crippen LogP contribution in [-0.4, -0.2) is 48.4 Å². The van der Waals surface area contributed by atoms with Crippen molar-refractivity contribution in [2.75, 3.05) is 32.7 Å². The first kappa shape index (κ1) is 14.5. The van der Waals surface area contributed by atoms with Crippen LogP contribution in [0.5, 0.6) is 0 Å². The average molecular weight is 387 g/mol. The molecular formula is C13H13Br2N3O. The predicted molar refractivity (Wildman–Crippen MR) is 79.8 cm³/mol. The number of nitrogens with zero attached hydrogens (tertiary/aromatic N) is 3. The molecule has 19 heavy (non-hydrogen) atoms. The molecule has 1 aliphatic heterocycles. The Labute approximate surface area is 129 Å². The Morgan fingerprint density at radius 2 is 1.95 bits per heavy atom. The molecule has 0 aliphatic carbocycles. The van der Waals surface area contributed by atoms with E-state index in [9.17, 15) is 4.79 Å². The number of amides is 1. The van der Waals surface area contributed by atoms with Crippen molar-refractivity contribution in [2.45, 2.75) is 0 Å². The van der Waals surface area contributed by atoms with Gasteiger partial charge in [-0.2, -0.15) is 5.26 Å². The summed E-state index contributed by atoms with van der Waals surface area (Å²) in [6, 6.07) is 7.72. The van der Waals surface area contributed by atoms with Gasteiger partial charge in [-0.3, -0.25) is 9.69 Å². The highest BCUT2D eigenvalue weighted by Crippen LogP contribution is 2.23. The number of hydrogen-bond donors (Lipinski definition) is 0. The van der Waals surface area contributed by atoms with Crippen molar-refractivity contribution in [3.8, 4) is 6.07 Å². The number of carbonyl (C=O) groups is 1. The molecule has 0 spiro atoms. The summed E-state index contributed by atoms with van der Waals surface area (Å²) in [6.45, 7) is 3.28. The van der Waals surface area contributed by atoms with Gasteiger partial charge in [-0.1, -0.05) is 15.9 Å². The molecule has 2 rings (SSSR count). The van der Waals surface area contributed by atoms with Crippen LogP contribution in [0.25, 0.3) is 0 Å². The van der Waals surface area contributed by atoms with Crippen LogP contribution < -0.4 is 0 Å². The highest BCUT2D eigenvalue weighted by Gasteiger charge is 2.23. The fourth-order valence-corrected chi connectivity index (χ4v) is 2.82. The second kappa shape index (κ2) is 6.51. The average Bonchev–Trinajstić information content (AvgIpc) is 2.42. The van der Waals surface area contributed by atoms with Crippen molar-refractivity contribution in [1.29, 1.82) is 5.26 Å². The molecule has 100 valence electrons. The number of halogens is 2. The number of rotatable bonds is 2. The van der Waals surface area contributed by atoms with E-state index in [1.807, 2.05) is 23.1 Å². The Balaban J connectivity index is 2.05. The molecule has 0 saturated carbocycles. The molecule has 4 nitrogen and oxygen atoms in total. The van der Waals surface area contributed by atoms with Crippen molar-refractivity contribution in [1.82, 2.24) is 9.80 Å². The van der Waals surface area contributed by atoms with Gasteiger partial charge in [0, 0.05) is 35.1 Å². The van der Waals surface area contributed by atoms with Crippen LogP contribution in [0.15, 0.2) is 27.1 Å². The highest BCUT2D eigenvalue weighted by molar-refractivity contribution is 9.11. The first-order valence-corrected chi connectivity index (χ1v) is 7.54. The van der Waals surface area contributed by atoms with Crippen LogP contribution in [0.1, 0.15) is 10.4 Å². The Hall–Kier alpha value is -0.900. The number of nitriles is 1. The van der Waals surface area contributed by atoms with Crippen LogP contribution in [0.2, 0.25) is 0 Å². The molecule has 1 aliphatic rings. The molecule has 6 heteroatoms. The molecule has 0 atom stereocenters. The summed E-state index contributed by atoms with van der Waals surface area (Å²) >= 11 is 6.80. The standard InChI is InChI=1S/C13H13Br2N3O/c14-10-1-2-12(15)11(9-10)13(19)18-7-5-17(4-3-16)6-8-18/h1-2,9H,4-8H2. The van der Waals surface area contributed by atoms with Gasteiger partial charge >= 0.3 is 0 Å². The molecule has 1 amide bonds. The third-order valence-electron chi connectivity index (χ3n) is 3.11. The Morgan fingerprint density at radius 1 is 1.26 bits per heavy atom. The maximum atomic E-state index is 12.4. The van der Waals surface area contributed by atoms with E-state index >= 15 is 0 Å². The molecule has 1 fully saturated rings. The second-order valence-electron chi connectivity index (χ2n) is 4.35. The van der Waals surface area contributed by atoms with E-state index in [1.165, 1.54) is 0 Å². The molecule has 0 aromatic heterocycles. The molecule has 0 radical (unpaired) electrons. The Morgan fingerprint density at radius 3 is 2.58 bits per heavy atom. The van der Waals surface area contributed by atoms with Gasteiger partial charge in [0.05, 0.1) is 18.2 Å². The molecular weight excluding hydrogens is 374 g/mol. The molecule has 1 aromatic rings. The smallest absolute Gasteiger partial charge is 0.255 e. The van der Waals surface area contributed by atoms with E-state index in [-0.39, 0.29) is 5.91 Å². The number of carbonyl (C=O) groups excluding carboxylic acids is 1. The zero-order valence-corrected chi connectivity index (χ0v) is 13.4. The maximum absolute atomic E-state index is 12.4. The maximum Gasteiger partial charge on any atom is 0.255 e. The van der Waals surface area contributed by atoms with E-state index in [1.54, 1.807) is 0 Å². The number of hydrogen-bond acceptors (Lipinski definition) is 3. The van der Waals surface area contributed by atoms with Gasteiger partial charge in [-0.15, -0.1) is 0 Å². The van der Waals surface area contributed by atoms with Crippen LogP contribution in [0, 0.1) is 11.3 Å². The first-order chi connectivity index (χ1) is 9.11. The fraction of sp³-hybridized carbons (Fsp3) is 0.385. The van der Waals surface area contributed by atoms with Crippen molar-refractivity contribution in [2.24, 2.45) is 0 Å². The molecule has 0 N–H and O–H groups in total. The van der Waals surface area contributed by atoms with Crippen molar-refractivity contribution < 1.29 is 4.79 Å². The molecule has 0 unspecified atom stereocenters. The van der Waals surface area contributed by atoms with Crippen LogP contribution in [0.4, 0.5) is 0 Å². The van der Waals surface area contributed by atoms with Gasteiger partial charge in [0.2, 0.25) is 0 Å². The number of benzene rings is 1. The summed E-state index contributed by atoms with van der Waals surface area (Å²) in [5.74, 6) is 0.0322. The lowest BCUT2D eigenvalue weighted by Gasteiger charge is -2.33. The summed E-state index contributed by atoms with van der Waals surface area (Å²) in [6.07, 6.45) is 0. The zero-order chi connectivity index (χ0) is 13.8. The first-order valence-electron chi connectivity index (χ1n) is 5.95. The monoisotopic (exact) mass is 385 g/mol. The minimum atomic E-state index is 0.0322. The molecule has 1 saturated heterocycles. The summed E-state index contributed by atoms with van der Waals surface area (Å²) in [4.78, 5) is 16.3. The lowest BCUT2D eigenvalue weighted by Crippen LogP contribution is -2.48. The number of piperazine rings is 1. The Bertz CT molecular complexity index is 519. The van der Waals surface area contributed by atoms with Gasteiger partial charge < -0.3 is 4.90 Å². The third-order valence-corrected chi connectivity index (χ3v) is 4.30. The van der Waals surface area contributed by atoms with E-state index < -0.39 is 0 Å². The van der Waals surface area contributed by atoms with Gasteiger partial charge in [-0.05, 0) is 34.1 Å². The Kier molecular flexibility index (Phi) is 4.97. The summed E-state index contributed by atoms with van der Waals surface area (Å²) in [5, 5.41) is 8.65. The van der Waals surface area contributed by atoms with Gasteiger partial charge in [0.1, 0.15) is 0 Å². The van der Waals surface area contributed by atoms with E-state index in [4.69, 9.17) is 5.26 Å². The second-order valence-corrected chi connectivity index (χ2v) is 6.12. The minimum Gasteiger partial charge on any atom is -0.336 e. The van der Waals surface area contributed by atoms with E-state index in [0.717, 1.165) is 22.0 Å². The molecule has 0 bridgehead atoms. The third kappa shape index (κ3) is 3.56. The highest BCUT2D eigenvalue weighted by atomic mass is 79.9. The zero-order valence-electron chi connectivity index (χ0n) is 10.3. The van der Waals surface area contributed by atoms with Gasteiger partial charge in [0.25, 0.3) is 5.91 Å².